The van der Waals surface area contributed by atoms with Crippen molar-refractivity contribution in [2.24, 2.45) is 5.41 Å². The third-order valence-corrected chi connectivity index (χ3v) is 3.25. The van der Waals surface area contributed by atoms with Crippen LogP contribution in [-0.4, -0.2) is 38.0 Å². The Bertz CT molecular complexity index is 210. The maximum Gasteiger partial charge on any atom is 0.223 e. The molecule has 0 unspecified atom stereocenters. The van der Waals surface area contributed by atoms with Crippen molar-refractivity contribution in [3.63, 3.8) is 0 Å². The van der Waals surface area contributed by atoms with Gasteiger partial charge in [-0.15, -0.1) is 0 Å². The topological polar surface area (TPSA) is 32.3 Å². The van der Waals surface area contributed by atoms with Crippen LogP contribution in [-0.2, 0) is 4.79 Å². The molecule has 0 bridgehead atoms. The fraction of sp³-hybridized carbons (Fsp3) is 0.917. The largest absolute Gasteiger partial charge is 0.349 e. The lowest BCUT2D eigenvalue weighted by atomic mass is 10.0. The molecular weight excluding hydrogens is 188 g/mol. The second-order valence-corrected chi connectivity index (χ2v) is 4.96. The first kappa shape index (κ1) is 12.5. The molecule has 1 amide bonds. The van der Waals surface area contributed by atoms with Crippen LogP contribution in [0.15, 0.2) is 0 Å². The van der Waals surface area contributed by atoms with Gasteiger partial charge >= 0.3 is 0 Å². The molecule has 0 aromatic rings. The second-order valence-electron chi connectivity index (χ2n) is 4.96. The van der Waals surface area contributed by atoms with Crippen LogP contribution < -0.4 is 5.32 Å². The first-order valence-corrected chi connectivity index (χ1v) is 6.00. The maximum atomic E-state index is 11.3. The average Bonchev–Trinajstić information content (AvgIpc) is 2.93. The number of carbonyl (C=O) groups excluding carboxylic acids is 1. The van der Waals surface area contributed by atoms with E-state index in [-0.39, 0.29) is 5.91 Å². The third-order valence-electron chi connectivity index (χ3n) is 3.25. The Morgan fingerprint density at radius 3 is 2.53 bits per heavy atom. The first-order chi connectivity index (χ1) is 7.09. The Kier molecular flexibility index (Phi) is 4.58. The minimum absolute atomic E-state index is 0.211. The van der Waals surface area contributed by atoms with Gasteiger partial charge in [-0.3, -0.25) is 4.79 Å². The molecule has 1 rings (SSSR count). The van der Waals surface area contributed by atoms with Crippen LogP contribution in [0.3, 0.4) is 0 Å². The lowest BCUT2D eigenvalue weighted by Crippen LogP contribution is -2.30. The standard InChI is InChI=1S/C12H24N2O/c1-4-6-12(7-8-12)10-13-9-5-11(15)14(2)3/h13H,4-10H2,1-3H3. The molecule has 1 saturated carbocycles. The molecule has 1 N–H and O–H groups in total. The molecule has 88 valence electrons. The van der Waals surface area contributed by atoms with Gasteiger partial charge in [-0.05, 0) is 24.7 Å². The Hall–Kier alpha value is -0.570. The zero-order valence-corrected chi connectivity index (χ0v) is 10.3. The van der Waals surface area contributed by atoms with Gasteiger partial charge in [0.25, 0.3) is 0 Å². The van der Waals surface area contributed by atoms with Crippen molar-refractivity contribution in [1.29, 1.82) is 0 Å². The molecule has 0 atom stereocenters. The molecule has 0 saturated heterocycles. The predicted octanol–water partition coefficient (Wildman–Crippen LogP) is 1.63. The molecule has 3 nitrogen and oxygen atoms in total. The summed E-state index contributed by atoms with van der Waals surface area (Å²) in [4.78, 5) is 12.9. The van der Waals surface area contributed by atoms with Crippen molar-refractivity contribution < 1.29 is 4.79 Å². The van der Waals surface area contributed by atoms with Crippen molar-refractivity contribution in [3.8, 4) is 0 Å². The summed E-state index contributed by atoms with van der Waals surface area (Å²) in [6, 6.07) is 0. The number of amides is 1. The zero-order chi connectivity index (χ0) is 11.3. The minimum Gasteiger partial charge on any atom is -0.349 e. The summed E-state index contributed by atoms with van der Waals surface area (Å²) in [7, 11) is 3.61. The van der Waals surface area contributed by atoms with E-state index in [2.05, 4.69) is 12.2 Å². The summed E-state index contributed by atoms with van der Waals surface area (Å²) in [5.41, 5.74) is 0.593. The quantitative estimate of drug-likeness (QED) is 0.651. The van der Waals surface area contributed by atoms with Crippen LogP contribution in [0.5, 0.6) is 0 Å². The summed E-state index contributed by atoms with van der Waals surface area (Å²) < 4.78 is 0. The molecule has 1 aliphatic rings. The lowest BCUT2D eigenvalue weighted by molar-refractivity contribution is -0.128. The predicted molar refractivity (Wildman–Crippen MR) is 62.8 cm³/mol. The van der Waals surface area contributed by atoms with E-state index < -0.39 is 0 Å². The van der Waals surface area contributed by atoms with E-state index in [9.17, 15) is 4.79 Å². The van der Waals surface area contributed by atoms with Crippen LogP contribution in [0, 0.1) is 5.41 Å². The molecule has 1 aliphatic carbocycles. The highest BCUT2D eigenvalue weighted by molar-refractivity contribution is 5.75. The molecule has 0 spiro atoms. The minimum atomic E-state index is 0.211. The molecule has 0 radical (unpaired) electrons. The Labute approximate surface area is 93.2 Å². The second kappa shape index (κ2) is 5.50. The van der Waals surface area contributed by atoms with Crippen LogP contribution in [0.1, 0.15) is 39.0 Å². The Morgan fingerprint density at radius 1 is 1.40 bits per heavy atom. The van der Waals surface area contributed by atoms with Crippen LogP contribution >= 0.6 is 0 Å². The Morgan fingerprint density at radius 2 is 2.07 bits per heavy atom. The fourth-order valence-corrected chi connectivity index (χ4v) is 1.99. The molecule has 0 aliphatic heterocycles. The smallest absolute Gasteiger partial charge is 0.223 e. The SMILES string of the molecule is CCCC1(CNCCC(=O)N(C)C)CC1. The molecule has 0 aromatic carbocycles. The van der Waals surface area contributed by atoms with Gasteiger partial charge in [-0.25, -0.2) is 0 Å². The van der Waals surface area contributed by atoms with Crippen molar-refractivity contribution in [1.82, 2.24) is 10.2 Å². The van der Waals surface area contributed by atoms with E-state index in [0.29, 0.717) is 11.8 Å². The average molecular weight is 212 g/mol. The first-order valence-electron chi connectivity index (χ1n) is 6.00. The van der Waals surface area contributed by atoms with Crippen molar-refractivity contribution in [3.05, 3.63) is 0 Å². The molecule has 1 fully saturated rings. The fourth-order valence-electron chi connectivity index (χ4n) is 1.99. The number of hydrogen-bond acceptors (Lipinski definition) is 2. The van der Waals surface area contributed by atoms with Gasteiger partial charge in [0.2, 0.25) is 5.91 Å². The molecule has 0 heterocycles. The molecule has 15 heavy (non-hydrogen) atoms. The van der Waals surface area contributed by atoms with E-state index in [1.54, 1.807) is 4.90 Å². The zero-order valence-electron chi connectivity index (χ0n) is 10.3. The van der Waals surface area contributed by atoms with Gasteiger partial charge in [-0.1, -0.05) is 13.3 Å². The highest BCUT2D eigenvalue weighted by Crippen LogP contribution is 2.48. The van der Waals surface area contributed by atoms with E-state index >= 15 is 0 Å². The summed E-state index contributed by atoms with van der Waals surface area (Å²) in [5, 5.41) is 3.41. The van der Waals surface area contributed by atoms with E-state index in [1.165, 1.54) is 25.7 Å². The highest BCUT2D eigenvalue weighted by Gasteiger charge is 2.40. The summed E-state index contributed by atoms with van der Waals surface area (Å²) >= 11 is 0. The number of nitrogens with one attached hydrogen (secondary N) is 1. The number of nitrogens with zero attached hydrogens (tertiary/aromatic N) is 1. The Balaban J connectivity index is 2.04. The summed E-state index contributed by atoms with van der Waals surface area (Å²) in [6.07, 6.45) is 5.97. The van der Waals surface area contributed by atoms with Crippen molar-refractivity contribution >= 4 is 5.91 Å². The normalized spacial score (nSPS) is 17.5. The summed E-state index contributed by atoms with van der Waals surface area (Å²) in [6.45, 7) is 4.17. The van der Waals surface area contributed by atoms with Gasteiger partial charge in [0.1, 0.15) is 0 Å². The molecule has 0 aromatic heterocycles. The van der Waals surface area contributed by atoms with Crippen LogP contribution in [0.2, 0.25) is 0 Å². The molecule has 3 heteroatoms. The molecular formula is C12H24N2O. The van der Waals surface area contributed by atoms with Gasteiger partial charge in [0.05, 0.1) is 0 Å². The number of carbonyl (C=O) groups is 1. The van der Waals surface area contributed by atoms with E-state index in [0.717, 1.165) is 13.1 Å². The van der Waals surface area contributed by atoms with E-state index in [1.807, 2.05) is 14.1 Å². The number of rotatable bonds is 7. The number of hydrogen-bond donors (Lipinski definition) is 1. The van der Waals surface area contributed by atoms with Crippen LogP contribution in [0.4, 0.5) is 0 Å². The summed E-state index contributed by atoms with van der Waals surface area (Å²) in [5.74, 6) is 0.211. The maximum absolute atomic E-state index is 11.3. The van der Waals surface area contributed by atoms with Gasteiger partial charge in [0.15, 0.2) is 0 Å². The third kappa shape index (κ3) is 4.20. The van der Waals surface area contributed by atoms with E-state index in [4.69, 9.17) is 0 Å². The van der Waals surface area contributed by atoms with Crippen molar-refractivity contribution in [2.45, 2.75) is 39.0 Å². The van der Waals surface area contributed by atoms with Crippen LogP contribution in [0.25, 0.3) is 0 Å². The van der Waals surface area contributed by atoms with Crippen molar-refractivity contribution in [2.75, 3.05) is 27.2 Å². The highest BCUT2D eigenvalue weighted by atomic mass is 16.2. The van der Waals surface area contributed by atoms with Gasteiger partial charge < -0.3 is 10.2 Å². The monoisotopic (exact) mass is 212 g/mol. The lowest BCUT2D eigenvalue weighted by Gasteiger charge is -2.15. The van der Waals surface area contributed by atoms with Gasteiger partial charge in [0, 0.05) is 33.6 Å². The van der Waals surface area contributed by atoms with Gasteiger partial charge in [-0.2, -0.15) is 0 Å².